The number of carbonyl (C=O) groups is 2. The molecule has 0 aliphatic rings. The zero-order chi connectivity index (χ0) is 18.6. The number of hydrogen-bond acceptors (Lipinski definition) is 3. The van der Waals surface area contributed by atoms with Gasteiger partial charge in [-0.3, -0.25) is 4.79 Å². The molecule has 0 bridgehead atoms. The smallest absolute Gasteiger partial charge is 0.416 e. The Morgan fingerprint density at radius 3 is 2.36 bits per heavy atom. The molecule has 0 aromatic heterocycles. The zero-order valence-electron chi connectivity index (χ0n) is 12.9. The van der Waals surface area contributed by atoms with E-state index in [0.717, 1.165) is 12.1 Å². The number of nitrogens with one attached hydrogen (secondary N) is 1. The predicted octanol–water partition coefficient (Wildman–Crippen LogP) is 4.54. The van der Waals surface area contributed by atoms with Crippen LogP contribution in [-0.2, 0) is 15.7 Å². The second kappa shape index (κ2) is 7.57. The summed E-state index contributed by atoms with van der Waals surface area (Å²) in [5.41, 5.74) is -0.926. The molecule has 25 heavy (non-hydrogen) atoms. The van der Waals surface area contributed by atoms with Gasteiger partial charge in [0.2, 0.25) is 0 Å². The molecular formula is C17H13ClF3NO3. The Bertz CT molecular complexity index is 778. The lowest BCUT2D eigenvalue weighted by molar-refractivity contribution is -0.137. The van der Waals surface area contributed by atoms with E-state index in [1.165, 1.54) is 19.1 Å². The molecule has 0 saturated carbocycles. The molecule has 1 atom stereocenters. The molecule has 2 aromatic carbocycles. The maximum absolute atomic E-state index is 12.7. The number of halogens is 4. The van der Waals surface area contributed by atoms with Crippen LogP contribution in [0.4, 0.5) is 18.9 Å². The Morgan fingerprint density at radius 1 is 1.12 bits per heavy atom. The van der Waals surface area contributed by atoms with Crippen molar-refractivity contribution >= 4 is 29.2 Å². The van der Waals surface area contributed by atoms with Gasteiger partial charge in [0, 0.05) is 0 Å². The van der Waals surface area contributed by atoms with E-state index >= 15 is 0 Å². The molecule has 1 N–H and O–H groups in total. The molecule has 1 amide bonds. The van der Waals surface area contributed by atoms with Crippen molar-refractivity contribution in [3.05, 3.63) is 64.7 Å². The Hall–Kier alpha value is -2.54. The number of hydrogen-bond donors (Lipinski definition) is 1. The fraction of sp³-hybridized carbons (Fsp3) is 0.176. The fourth-order valence-electron chi connectivity index (χ4n) is 1.89. The first kappa shape index (κ1) is 18.8. The molecule has 0 fully saturated rings. The minimum absolute atomic E-state index is 0.0667. The van der Waals surface area contributed by atoms with Crippen molar-refractivity contribution in [1.29, 1.82) is 0 Å². The summed E-state index contributed by atoms with van der Waals surface area (Å²) in [6, 6.07) is 10.5. The number of benzene rings is 2. The number of esters is 1. The van der Waals surface area contributed by atoms with E-state index in [1.54, 1.807) is 18.2 Å². The van der Waals surface area contributed by atoms with Crippen molar-refractivity contribution in [2.75, 3.05) is 5.32 Å². The summed E-state index contributed by atoms with van der Waals surface area (Å²) in [4.78, 5) is 24.0. The summed E-state index contributed by atoms with van der Waals surface area (Å²) in [6.07, 6.45) is -5.80. The SMILES string of the molecule is C[C@H](OC(=O)c1ccccc1)C(=O)Nc1cc(C(F)(F)F)ccc1Cl. The normalized spacial score (nSPS) is 12.4. The molecule has 0 aliphatic heterocycles. The monoisotopic (exact) mass is 371 g/mol. The number of alkyl halides is 3. The van der Waals surface area contributed by atoms with Crippen LogP contribution in [0.15, 0.2) is 48.5 Å². The summed E-state index contributed by atoms with van der Waals surface area (Å²) in [6.45, 7) is 1.30. The number of ether oxygens (including phenoxy) is 1. The van der Waals surface area contributed by atoms with Gasteiger partial charge in [-0.2, -0.15) is 13.2 Å². The number of anilines is 1. The summed E-state index contributed by atoms with van der Waals surface area (Å²) < 4.78 is 43.2. The Balaban J connectivity index is 2.07. The van der Waals surface area contributed by atoms with Crippen LogP contribution in [-0.4, -0.2) is 18.0 Å². The van der Waals surface area contributed by atoms with Crippen molar-refractivity contribution in [3.63, 3.8) is 0 Å². The second-order valence-corrected chi connectivity index (χ2v) is 5.50. The minimum atomic E-state index is -4.57. The van der Waals surface area contributed by atoms with E-state index in [0.29, 0.717) is 6.07 Å². The average molecular weight is 372 g/mol. The van der Waals surface area contributed by atoms with Gasteiger partial charge in [-0.1, -0.05) is 29.8 Å². The molecule has 0 heterocycles. The van der Waals surface area contributed by atoms with Crippen LogP contribution in [0.1, 0.15) is 22.8 Å². The zero-order valence-corrected chi connectivity index (χ0v) is 13.7. The fourth-order valence-corrected chi connectivity index (χ4v) is 2.05. The molecule has 2 aromatic rings. The molecule has 0 aliphatic carbocycles. The number of carbonyl (C=O) groups excluding carboxylic acids is 2. The van der Waals surface area contributed by atoms with Gasteiger partial charge in [0.1, 0.15) is 0 Å². The van der Waals surface area contributed by atoms with E-state index in [9.17, 15) is 22.8 Å². The van der Waals surface area contributed by atoms with E-state index in [1.807, 2.05) is 0 Å². The van der Waals surface area contributed by atoms with Crippen molar-refractivity contribution in [3.8, 4) is 0 Å². The van der Waals surface area contributed by atoms with Crippen molar-refractivity contribution in [2.45, 2.75) is 19.2 Å². The van der Waals surface area contributed by atoms with Crippen molar-refractivity contribution in [1.82, 2.24) is 0 Å². The highest BCUT2D eigenvalue weighted by Gasteiger charge is 2.31. The van der Waals surface area contributed by atoms with Crippen LogP contribution < -0.4 is 5.32 Å². The lowest BCUT2D eigenvalue weighted by atomic mass is 10.2. The third-order valence-corrected chi connectivity index (χ3v) is 3.54. The van der Waals surface area contributed by atoms with Gasteiger partial charge in [-0.15, -0.1) is 0 Å². The standard InChI is InChI=1S/C17H13ClF3NO3/c1-10(25-16(24)11-5-3-2-4-6-11)15(23)22-14-9-12(17(19,20)21)7-8-13(14)18/h2-10H,1H3,(H,22,23)/t10-/m0/s1. The van der Waals surface area contributed by atoms with Gasteiger partial charge in [-0.05, 0) is 37.3 Å². The van der Waals surface area contributed by atoms with Crippen LogP contribution in [0.5, 0.6) is 0 Å². The third kappa shape index (κ3) is 4.96. The van der Waals surface area contributed by atoms with Gasteiger partial charge in [0.15, 0.2) is 6.10 Å². The number of rotatable bonds is 4. The Morgan fingerprint density at radius 2 is 1.76 bits per heavy atom. The highest BCUT2D eigenvalue weighted by Crippen LogP contribution is 2.33. The molecule has 0 radical (unpaired) electrons. The topological polar surface area (TPSA) is 55.4 Å². The molecule has 8 heteroatoms. The lowest BCUT2D eigenvalue weighted by Crippen LogP contribution is -2.30. The largest absolute Gasteiger partial charge is 0.449 e. The molecule has 0 saturated heterocycles. The predicted molar refractivity (Wildman–Crippen MR) is 86.4 cm³/mol. The van der Waals surface area contributed by atoms with Gasteiger partial charge in [0.25, 0.3) is 5.91 Å². The summed E-state index contributed by atoms with van der Waals surface area (Å²) >= 11 is 5.81. The van der Waals surface area contributed by atoms with Crippen LogP contribution in [0, 0.1) is 0 Å². The summed E-state index contributed by atoms with van der Waals surface area (Å²) in [5, 5.41) is 2.16. The van der Waals surface area contributed by atoms with Gasteiger partial charge in [-0.25, -0.2) is 4.79 Å². The number of amides is 1. The van der Waals surface area contributed by atoms with Gasteiger partial charge < -0.3 is 10.1 Å². The van der Waals surface area contributed by atoms with E-state index in [4.69, 9.17) is 16.3 Å². The first-order valence-corrected chi connectivity index (χ1v) is 7.50. The Labute approximate surface area is 146 Å². The van der Waals surface area contributed by atoms with E-state index in [2.05, 4.69) is 5.32 Å². The minimum Gasteiger partial charge on any atom is -0.449 e. The molecule has 132 valence electrons. The quantitative estimate of drug-likeness (QED) is 0.803. The van der Waals surface area contributed by atoms with Crippen LogP contribution in [0.3, 0.4) is 0 Å². The third-order valence-electron chi connectivity index (χ3n) is 3.21. The van der Waals surface area contributed by atoms with Crippen LogP contribution in [0.2, 0.25) is 5.02 Å². The summed E-state index contributed by atoms with van der Waals surface area (Å²) in [7, 11) is 0. The van der Waals surface area contributed by atoms with E-state index in [-0.39, 0.29) is 16.3 Å². The highest BCUT2D eigenvalue weighted by molar-refractivity contribution is 6.33. The molecule has 2 rings (SSSR count). The average Bonchev–Trinajstić information content (AvgIpc) is 2.56. The first-order chi connectivity index (χ1) is 11.7. The Kier molecular flexibility index (Phi) is 5.69. The first-order valence-electron chi connectivity index (χ1n) is 7.12. The highest BCUT2D eigenvalue weighted by atomic mass is 35.5. The van der Waals surface area contributed by atoms with Gasteiger partial charge >= 0.3 is 12.1 Å². The van der Waals surface area contributed by atoms with Crippen molar-refractivity contribution < 1.29 is 27.5 Å². The lowest BCUT2D eigenvalue weighted by Gasteiger charge is -2.15. The van der Waals surface area contributed by atoms with Crippen molar-refractivity contribution in [2.24, 2.45) is 0 Å². The summed E-state index contributed by atoms with van der Waals surface area (Å²) in [5.74, 6) is -1.52. The second-order valence-electron chi connectivity index (χ2n) is 5.10. The van der Waals surface area contributed by atoms with Crippen LogP contribution in [0.25, 0.3) is 0 Å². The molecule has 4 nitrogen and oxygen atoms in total. The maximum atomic E-state index is 12.7. The van der Waals surface area contributed by atoms with Gasteiger partial charge in [0.05, 0.1) is 21.8 Å². The maximum Gasteiger partial charge on any atom is 0.416 e. The van der Waals surface area contributed by atoms with E-state index < -0.39 is 29.7 Å². The van der Waals surface area contributed by atoms with Crippen LogP contribution >= 0.6 is 11.6 Å². The molecule has 0 spiro atoms. The molecule has 0 unspecified atom stereocenters. The molecular weight excluding hydrogens is 359 g/mol.